The quantitative estimate of drug-likeness (QED) is 0.0795. The van der Waals surface area contributed by atoms with Crippen molar-refractivity contribution in [2.45, 2.75) is 74.9 Å². The van der Waals surface area contributed by atoms with Crippen molar-refractivity contribution >= 4 is 77.0 Å². The van der Waals surface area contributed by atoms with Crippen LogP contribution in [-0.4, -0.2) is 149 Å². The topological polar surface area (TPSA) is 263 Å². The van der Waals surface area contributed by atoms with Crippen LogP contribution in [0, 0.1) is 0 Å². The Bertz CT molecular complexity index is 2750. The smallest absolute Gasteiger partial charge is 0.399 e. The van der Waals surface area contributed by atoms with Crippen molar-refractivity contribution in [3.8, 4) is 5.75 Å². The number of amides is 7. The molecule has 0 spiro atoms. The van der Waals surface area contributed by atoms with Crippen LogP contribution in [0.25, 0.3) is 10.9 Å². The summed E-state index contributed by atoms with van der Waals surface area (Å²) in [6.45, 7) is 4.09. The van der Waals surface area contributed by atoms with Gasteiger partial charge in [-0.15, -0.1) is 0 Å². The maximum atomic E-state index is 14.5. The number of nitrogens with two attached hydrogens (primary N) is 1. The number of aromatic amines is 1. The van der Waals surface area contributed by atoms with Crippen molar-refractivity contribution in [3.63, 3.8) is 0 Å². The number of imide groups is 1. The minimum Gasteiger partial charge on any atom is -0.490 e. The van der Waals surface area contributed by atoms with Gasteiger partial charge in [-0.3, -0.25) is 43.7 Å². The summed E-state index contributed by atoms with van der Waals surface area (Å²) < 4.78 is 46.7. The van der Waals surface area contributed by atoms with Crippen LogP contribution in [0.3, 0.4) is 0 Å². The van der Waals surface area contributed by atoms with Crippen molar-refractivity contribution in [2.75, 3.05) is 69.3 Å². The van der Waals surface area contributed by atoms with Gasteiger partial charge in [0.2, 0.25) is 23.6 Å². The summed E-state index contributed by atoms with van der Waals surface area (Å²) in [5.74, 6) is -2.25. The monoisotopic (exact) mass is 1020 g/mol. The fourth-order valence-electron chi connectivity index (χ4n) is 9.69. The van der Waals surface area contributed by atoms with E-state index in [0.717, 1.165) is 29.1 Å². The molecule has 0 aliphatic carbocycles. The van der Waals surface area contributed by atoms with Gasteiger partial charge in [-0.05, 0) is 81.2 Å². The molecule has 20 nitrogen and oxygen atoms in total. The Morgan fingerprint density at radius 3 is 2.44 bits per heavy atom. The Morgan fingerprint density at radius 1 is 0.958 bits per heavy atom. The number of benzene rings is 3. The van der Waals surface area contributed by atoms with E-state index in [9.17, 15) is 51.9 Å². The van der Waals surface area contributed by atoms with Gasteiger partial charge in [0.25, 0.3) is 5.91 Å². The van der Waals surface area contributed by atoms with Gasteiger partial charge in [0, 0.05) is 86.9 Å². The van der Waals surface area contributed by atoms with Gasteiger partial charge < -0.3 is 50.6 Å². The zero-order chi connectivity index (χ0) is 50.8. The Morgan fingerprint density at radius 2 is 1.70 bits per heavy atom. The second kappa shape index (κ2) is 21.3. The molecule has 0 saturated carbocycles. The minimum atomic E-state index is -5.85. The number of nitrogens with one attached hydrogen (secondary N) is 4. The number of carbonyl (C=O) groups excluding carboxylic acids is 6. The molecular formula is C47H56ClF2N10O10P. The number of piperazine rings is 1. The molecule has 0 radical (unpaired) electrons. The third-order valence-electron chi connectivity index (χ3n) is 13.5. The van der Waals surface area contributed by atoms with Crippen LogP contribution in [0.15, 0.2) is 66.7 Å². The zero-order valence-electron chi connectivity index (χ0n) is 38.8. The van der Waals surface area contributed by atoms with E-state index in [1.807, 2.05) is 41.3 Å². The van der Waals surface area contributed by atoms with Crippen molar-refractivity contribution in [2.24, 2.45) is 5.73 Å². The number of ether oxygens (including phenoxy) is 1. The fourth-order valence-corrected chi connectivity index (χ4v) is 10.5. The van der Waals surface area contributed by atoms with E-state index in [-0.39, 0.29) is 61.0 Å². The summed E-state index contributed by atoms with van der Waals surface area (Å²) in [5.41, 5.74) is 2.76. The van der Waals surface area contributed by atoms with Gasteiger partial charge in [-0.1, -0.05) is 41.9 Å². The number of urea groups is 1. The highest BCUT2D eigenvalue weighted by Gasteiger charge is 2.50. The molecule has 1 aromatic heterocycles. The fraction of sp³-hybridized carbons (Fsp3) is 0.447. The number of nitrogens with zero attached hydrogens (tertiary/aromatic N) is 5. The Balaban J connectivity index is 0.903. The molecule has 4 saturated heterocycles. The minimum absolute atomic E-state index is 0.0702. The maximum Gasteiger partial charge on any atom is 0.399 e. The molecule has 8 N–H and O–H groups in total. The zero-order valence-corrected chi connectivity index (χ0v) is 40.5. The summed E-state index contributed by atoms with van der Waals surface area (Å²) in [6.07, 6.45) is 1.68. The third kappa shape index (κ3) is 11.5. The molecule has 4 aliphatic rings. The molecular weight excluding hydrogens is 969 g/mol. The lowest BCUT2D eigenvalue weighted by Gasteiger charge is -2.38. The number of hydrogen-bond acceptors (Lipinski definition) is 11. The number of alkyl halides is 2. The number of halogens is 3. The van der Waals surface area contributed by atoms with E-state index in [0.29, 0.717) is 75.8 Å². The highest BCUT2D eigenvalue weighted by Crippen LogP contribution is 2.59. The number of fused-ring (bicyclic) bond motifs is 2. The molecule has 4 fully saturated rings. The van der Waals surface area contributed by atoms with Gasteiger partial charge in [0.05, 0.1) is 11.7 Å². The maximum absolute atomic E-state index is 14.5. The lowest BCUT2D eigenvalue weighted by Crippen LogP contribution is -2.60. The highest BCUT2D eigenvalue weighted by molar-refractivity contribution is 7.52. The number of anilines is 2. The molecule has 380 valence electrons. The first-order valence-corrected chi connectivity index (χ1v) is 25.3. The highest BCUT2D eigenvalue weighted by atomic mass is 35.5. The Kier molecular flexibility index (Phi) is 15.3. The van der Waals surface area contributed by atoms with Crippen LogP contribution in [0.2, 0.25) is 5.02 Å². The predicted molar refractivity (Wildman–Crippen MR) is 258 cm³/mol. The molecule has 4 aromatic rings. The molecule has 7 amide bonds. The Hall–Kier alpha value is -6.16. The molecule has 24 heteroatoms. The normalized spacial score (nSPS) is 21.1. The van der Waals surface area contributed by atoms with Crippen LogP contribution >= 0.6 is 19.2 Å². The number of likely N-dealkylation sites (N-methyl/N-ethyl adjacent to an activating group) is 1. The van der Waals surface area contributed by atoms with Gasteiger partial charge in [-0.2, -0.15) is 8.78 Å². The second-order valence-electron chi connectivity index (χ2n) is 18.4. The van der Waals surface area contributed by atoms with E-state index >= 15 is 0 Å². The molecule has 8 rings (SSSR count). The van der Waals surface area contributed by atoms with Crippen LogP contribution in [-0.2, 0) is 36.0 Å². The first-order valence-electron chi connectivity index (χ1n) is 23.3. The number of rotatable bonds is 16. The van der Waals surface area contributed by atoms with E-state index in [4.69, 9.17) is 22.1 Å². The number of aromatic nitrogens is 1. The van der Waals surface area contributed by atoms with Gasteiger partial charge in [0.1, 0.15) is 35.2 Å². The number of H-pyrrole nitrogens is 1. The Labute approximate surface area is 412 Å². The standard InChI is InChI=1S/C47H56ClF2N10O10P/c1-56-17-15-32-11-13-38(60(32)45(65)35(26-56)54-43(63)34-24-29-23-30(9-12-33(29)53-34)47(49,50)71(67,68)69)44(64)52-31(10-14-40(51)61)27-70-39-8-4-7-37(42(39)48)58-21-19-57(20-22-58)25-28-5-2-3-6-36(28)59-18-16-41(62)55-46(59)66/h2-9,12,23-24,31-32,35,38,53H,10-11,13-22,25-27H2,1H3,(H2,51,61)(H,52,64)(H,54,63)(H,55,62,66)(H2,67,68,69)/t31-,32+,35-,38-/m0/s1. The van der Waals surface area contributed by atoms with Crippen LogP contribution < -0.4 is 36.2 Å². The second-order valence-corrected chi connectivity index (χ2v) is 20.4. The summed E-state index contributed by atoms with van der Waals surface area (Å²) >= 11 is 7.00. The van der Waals surface area contributed by atoms with Crippen molar-refractivity contribution in [1.29, 1.82) is 0 Å². The lowest BCUT2D eigenvalue weighted by atomic mass is 10.1. The number of para-hydroxylation sites is 1. The van der Waals surface area contributed by atoms with E-state index < -0.39 is 66.6 Å². The van der Waals surface area contributed by atoms with Gasteiger partial charge in [0.15, 0.2) is 0 Å². The predicted octanol–water partition coefficient (Wildman–Crippen LogP) is 3.44. The molecule has 4 atom stereocenters. The van der Waals surface area contributed by atoms with Gasteiger partial charge >= 0.3 is 19.3 Å². The summed E-state index contributed by atoms with van der Waals surface area (Å²) in [7, 11) is -4.05. The number of hydrogen-bond donors (Lipinski definition) is 7. The SMILES string of the molecule is CN1CC[C@H]2CC[C@@H](C(=O)N[C@@H](CCC(N)=O)COc3cccc(N4CCN(Cc5ccccc5N5CCC(=O)NC5=O)CC4)c3Cl)N2C(=O)[C@@H](NC(=O)c2cc3cc(C(F)(F)P(=O)(O)O)ccc3[nH]2)C1. The molecule has 4 aliphatic heterocycles. The summed E-state index contributed by atoms with van der Waals surface area (Å²) in [6, 6.07) is 13.6. The van der Waals surface area contributed by atoms with E-state index in [1.54, 1.807) is 18.0 Å². The van der Waals surface area contributed by atoms with Crippen molar-refractivity contribution < 1.29 is 56.6 Å². The molecule has 0 unspecified atom stereocenters. The first kappa shape index (κ1) is 51.2. The lowest BCUT2D eigenvalue weighted by molar-refractivity contribution is -0.143. The van der Waals surface area contributed by atoms with E-state index in [1.165, 1.54) is 17.0 Å². The third-order valence-corrected chi connectivity index (χ3v) is 14.9. The van der Waals surface area contributed by atoms with Crippen molar-refractivity contribution in [3.05, 3.63) is 88.6 Å². The summed E-state index contributed by atoms with van der Waals surface area (Å²) in [4.78, 5) is 109. The van der Waals surface area contributed by atoms with Crippen LogP contribution in [0.5, 0.6) is 5.75 Å². The largest absolute Gasteiger partial charge is 0.490 e. The summed E-state index contributed by atoms with van der Waals surface area (Å²) in [5, 5.41) is 8.56. The molecule has 0 bridgehead atoms. The average molecular weight is 1030 g/mol. The molecule has 71 heavy (non-hydrogen) atoms. The number of carbonyl (C=O) groups is 6. The average Bonchev–Trinajstić information content (AvgIpc) is 3.96. The number of primary amides is 1. The first-order chi connectivity index (χ1) is 33.8. The van der Waals surface area contributed by atoms with Gasteiger partial charge in [-0.25, -0.2) is 4.79 Å². The molecule has 3 aromatic carbocycles. The van der Waals surface area contributed by atoms with Crippen molar-refractivity contribution in [1.82, 2.24) is 35.6 Å². The van der Waals surface area contributed by atoms with Crippen LogP contribution in [0.1, 0.15) is 60.1 Å². The van der Waals surface area contributed by atoms with E-state index in [2.05, 4.69) is 30.7 Å². The molecule has 5 heterocycles. The van der Waals surface area contributed by atoms with Crippen LogP contribution in [0.4, 0.5) is 25.0 Å².